The fourth-order valence-corrected chi connectivity index (χ4v) is 10.1. The Bertz CT molecular complexity index is 466. The Labute approximate surface area is 180 Å². The zero-order valence-electron chi connectivity index (χ0n) is 16.7. The van der Waals surface area contributed by atoms with Crippen LogP contribution in [-0.4, -0.2) is 0 Å². The summed E-state index contributed by atoms with van der Waals surface area (Å²) >= 11 is -0.810. The third-order valence-corrected chi connectivity index (χ3v) is 13.1. The maximum Gasteiger partial charge on any atom is -1.00 e. The third-order valence-electron chi connectivity index (χ3n) is 6.06. The van der Waals surface area contributed by atoms with Crippen LogP contribution < -0.4 is 24.8 Å². The molecular weight excluding hydrogens is 426 g/mol. The minimum Gasteiger partial charge on any atom is -1.00 e. The van der Waals surface area contributed by atoms with Gasteiger partial charge in [-0.25, -0.2) is 0 Å². The molecule has 0 aromatic rings. The van der Waals surface area contributed by atoms with Gasteiger partial charge in [-0.2, -0.15) is 0 Å². The van der Waals surface area contributed by atoms with Crippen molar-refractivity contribution >= 4 is 0 Å². The summed E-state index contributed by atoms with van der Waals surface area (Å²) < 4.78 is 0.660. The van der Waals surface area contributed by atoms with Crippen LogP contribution in [0.1, 0.15) is 67.2 Å². The van der Waals surface area contributed by atoms with Crippen LogP contribution >= 0.6 is 0 Å². The van der Waals surface area contributed by atoms with Gasteiger partial charge < -0.3 is 24.8 Å². The molecule has 0 nitrogen and oxygen atoms in total. The van der Waals surface area contributed by atoms with Crippen molar-refractivity contribution < 1.29 is 48.0 Å². The second-order valence-electron chi connectivity index (χ2n) is 8.57. The van der Waals surface area contributed by atoms with E-state index in [0.717, 1.165) is 0 Å². The number of rotatable bonds is 8. The summed E-state index contributed by atoms with van der Waals surface area (Å²) in [6, 6.07) is 0. The Hall–Kier alpha value is 0.423. The molecule has 0 N–H and O–H groups in total. The minimum atomic E-state index is -0.810. The van der Waals surface area contributed by atoms with Gasteiger partial charge in [-0.05, 0) is 0 Å². The van der Waals surface area contributed by atoms with Gasteiger partial charge in [0.05, 0.1) is 0 Å². The van der Waals surface area contributed by atoms with Crippen molar-refractivity contribution in [3.05, 3.63) is 48.6 Å². The maximum absolute atomic E-state index is 2.55. The van der Waals surface area contributed by atoms with Gasteiger partial charge in [0.15, 0.2) is 0 Å². The van der Waals surface area contributed by atoms with E-state index in [1.807, 2.05) is 0 Å². The molecule has 0 heterocycles. The second-order valence-corrected chi connectivity index (χ2v) is 13.2. The summed E-state index contributed by atoms with van der Waals surface area (Å²) in [6.45, 7) is 14.7. The maximum atomic E-state index is 2.55. The Morgan fingerprint density at radius 1 is 0.640 bits per heavy atom. The minimum absolute atomic E-state index is 0. The summed E-state index contributed by atoms with van der Waals surface area (Å²) in [5.41, 5.74) is 0.716. The molecule has 0 amide bonds. The molecule has 2 aliphatic carbocycles. The van der Waals surface area contributed by atoms with Gasteiger partial charge in [-0.3, -0.25) is 0 Å². The number of halogens is 2. The molecule has 0 fully saturated rings. The normalized spacial score (nSPS) is 19.4. The molecule has 25 heavy (non-hydrogen) atoms. The molecule has 0 radical (unpaired) electrons. The third kappa shape index (κ3) is 4.83. The molecule has 0 unspecified atom stereocenters. The van der Waals surface area contributed by atoms with E-state index in [1.165, 1.54) is 25.7 Å². The van der Waals surface area contributed by atoms with Gasteiger partial charge in [0.25, 0.3) is 0 Å². The predicted octanol–water partition coefficient (Wildman–Crippen LogP) is 1.30. The summed E-state index contributed by atoms with van der Waals surface area (Å²) in [6.07, 6.45) is 24.6. The van der Waals surface area contributed by atoms with Gasteiger partial charge in [-0.15, -0.1) is 0 Å². The molecule has 140 valence electrons. The van der Waals surface area contributed by atoms with E-state index in [2.05, 4.69) is 90.2 Å². The average Bonchev–Trinajstić information content (AvgIpc) is 3.10. The first-order chi connectivity index (χ1) is 10.7. The van der Waals surface area contributed by atoms with E-state index in [-0.39, 0.29) is 24.8 Å². The number of hydrogen-bond donors (Lipinski definition) is 0. The largest absolute Gasteiger partial charge is 1.00 e. The fourth-order valence-electron chi connectivity index (χ4n) is 4.35. The SMILES string of the molecule is CCCC(C)(C)[C]1([Zr+2][C]2(C(C)(C)CCC)C=CC=C2)C=CC=C1.[Cl-].[Cl-]. The van der Waals surface area contributed by atoms with Crippen LogP contribution in [0.4, 0.5) is 0 Å². The molecule has 0 aromatic heterocycles. The number of hydrogen-bond acceptors (Lipinski definition) is 0. The van der Waals surface area contributed by atoms with Gasteiger partial charge in [0, 0.05) is 0 Å². The van der Waals surface area contributed by atoms with Crippen LogP contribution in [0.5, 0.6) is 0 Å². The van der Waals surface area contributed by atoms with Crippen LogP contribution in [-0.2, 0) is 23.2 Å². The zero-order valence-corrected chi connectivity index (χ0v) is 20.7. The van der Waals surface area contributed by atoms with E-state index in [9.17, 15) is 0 Å². The standard InChI is InChI=1S/2C11H17.2ClH.Zr/c2*1-4-9-11(2,3)10-7-5-6-8-10;;;/h2*5-8H,4,9H2,1-3H3;2*1H;/q;;;;+2/p-2. The monoisotopic (exact) mass is 458 g/mol. The Kier molecular flexibility index (Phi) is 9.73. The van der Waals surface area contributed by atoms with Crippen LogP contribution in [0.25, 0.3) is 0 Å². The second kappa shape index (κ2) is 9.57. The van der Waals surface area contributed by atoms with Crippen molar-refractivity contribution in [1.29, 1.82) is 0 Å². The van der Waals surface area contributed by atoms with Crippen LogP contribution in [0, 0.1) is 10.8 Å². The molecular formula is C22H34Cl2Zr. The number of allylic oxidation sites excluding steroid dienone is 8. The molecule has 0 spiro atoms. The van der Waals surface area contributed by atoms with E-state index in [4.69, 9.17) is 0 Å². The van der Waals surface area contributed by atoms with E-state index in [1.54, 1.807) is 0 Å². The van der Waals surface area contributed by atoms with Gasteiger partial charge in [0.1, 0.15) is 0 Å². The zero-order chi connectivity index (χ0) is 17.2. The molecule has 2 aliphatic rings. The summed E-state index contributed by atoms with van der Waals surface area (Å²) in [4.78, 5) is 0. The Morgan fingerprint density at radius 2 is 0.920 bits per heavy atom. The van der Waals surface area contributed by atoms with E-state index < -0.39 is 23.2 Å². The first-order valence-corrected chi connectivity index (χ1v) is 11.7. The van der Waals surface area contributed by atoms with Gasteiger partial charge in [-0.1, -0.05) is 0 Å². The molecule has 3 heteroatoms. The first kappa shape index (κ1) is 25.4. The summed E-state index contributed by atoms with van der Waals surface area (Å²) in [7, 11) is 0. The first-order valence-electron chi connectivity index (χ1n) is 9.28. The molecule has 0 aliphatic heterocycles. The van der Waals surface area contributed by atoms with Gasteiger partial charge >= 0.3 is 156 Å². The Balaban J connectivity index is 0.00000288. The predicted molar refractivity (Wildman–Crippen MR) is 99.3 cm³/mol. The molecule has 2 rings (SSSR count). The summed E-state index contributed by atoms with van der Waals surface area (Å²) in [5, 5.41) is 0. The fraction of sp³-hybridized carbons (Fsp3) is 0.636. The average molecular weight is 461 g/mol. The quantitative estimate of drug-likeness (QED) is 0.512. The molecule has 0 saturated carbocycles. The molecule has 0 bridgehead atoms. The van der Waals surface area contributed by atoms with Crippen molar-refractivity contribution in [2.45, 2.75) is 73.5 Å². The van der Waals surface area contributed by atoms with Crippen molar-refractivity contribution in [3.8, 4) is 0 Å². The van der Waals surface area contributed by atoms with E-state index in [0.29, 0.717) is 17.1 Å². The van der Waals surface area contributed by atoms with Crippen molar-refractivity contribution in [3.63, 3.8) is 0 Å². The summed E-state index contributed by atoms with van der Waals surface area (Å²) in [5.74, 6) is 0. The molecule has 0 atom stereocenters. The van der Waals surface area contributed by atoms with Crippen LogP contribution in [0.15, 0.2) is 48.6 Å². The van der Waals surface area contributed by atoms with Crippen molar-refractivity contribution in [2.75, 3.05) is 0 Å². The van der Waals surface area contributed by atoms with Crippen molar-refractivity contribution in [2.24, 2.45) is 10.8 Å². The van der Waals surface area contributed by atoms with Crippen LogP contribution in [0.3, 0.4) is 0 Å². The van der Waals surface area contributed by atoms with Gasteiger partial charge in [0.2, 0.25) is 0 Å². The topological polar surface area (TPSA) is 0 Å². The molecule has 0 aromatic carbocycles. The molecule has 0 saturated heterocycles. The Morgan fingerprint density at radius 3 is 1.16 bits per heavy atom. The van der Waals surface area contributed by atoms with Crippen molar-refractivity contribution in [1.82, 2.24) is 0 Å². The van der Waals surface area contributed by atoms with E-state index >= 15 is 0 Å². The smallest absolute Gasteiger partial charge is 1.00 e. The van der Waals surface area contributed by atoms with Crippen LogP contribution in [0.2, 0.25) is 6.25 Å².